The minimum atomic E-state index is -2.28. The van der Waals surface area contributed by atoms with E-state index in [1.54, 1.807) is 42.5 Å². The van der Waals surface area contributed by atoms with Crippen LogP contribution in [0.5, 0.6) is 0 Å². The third-order valence-electron chi connectivity index (χ3n) is 6.00. The maximum atomic E-state index is 13.1. The highest BCUT2D eigenvalue weighted by Gasteiger charge is 2.41. The molecule has 0 saturated heterocycles. The highest BCUT2D eigenvalue weighted by molar-refractivity contribution is 6.04. The largest absolute Gasteiger partial charge is 0.478 e. The third-order valence-corrected chi connectivity index (χ3v) is 6.00. The van der Waals surface area contributed by atoms with Crippen LogP contribution in [-0.2, 0) is 19.1 Å². The van der Waals surface area contributed by atoms with Crippen molar-refractivity contribution in [3.63, 3.8) is 0 Å². The molecule has 0 spiro atoms. The summed E-state index contributed by atoms with van der Waals surface area (Å²) in [6, 6.07) is 29.0. The first-order chi connectivity index (χ1) is 21.2. The number of aliphatic carboxylic acids is 1. The highest BCUT2D eigenvalue weighted by Crippen LogP contribution is 2.14. The topological polar surface area (TPSA) is 177 Å². The van der Waals surface area contributed by atoms with E-state index in [1.165, 1.54) is 72.8 Å². The lowest BCUT2D eigenvalue weighted by Crippen LogP contribution is -2.54. The smallest absolute Gasteiger partial charge is 0.349 e. The van der Waals surface area contributed by atoms with Crippen LogP contribution in [0.4, 0.5) is 5.69 Å². The molecule has 12 heteroatoms. The van der Waals surface area contributed by atoms with Crippen LogP contribution in [0.25, 0.3) is 0 Å². The first kappa shape index (κ1) is 30.7. The van der Waals surface area contributed by atoms with Crippen LogP contribution in [0.2, 0.25) is 0 Å². The minimum absolute atomic E-state index is 0.00712. The van der Waals surface area contributed by atoms with Crippen LogP contribution < -0.4 is 16.2 Å². The van der Waals surface area contributed by atoms with Gasteiger partial charge in [0.2, 0.25) is 12.2 Å². The molecule has 44 heavy (non-hydrogen) atoms. The fraction of sp³-hybridized carbons (Fsp3) is 0.0625. The van der Waals surface area contributed by atoms with Crippen molar-refractivity contribution in [3.8, 4) is 0 Å². The Morgan fingerprint density at radius 2 is 0.932 bits per heavy atom. The van der Waals surface area contributed by atoms with Crippen molar-refractivity contribution in [1.82, 2.24) is 10.9 Å². The van der Waals surface area contributed by atoms with Gasteiger partial charge in [-0.3, -0.25) is 25.2 Å². The average molecular weight is 596 g/mol. The van der Waals surface area contributed by atoms with Crippen molar-refractivity contribution in [2.75, 3.05) is 5.32 Å². The number of carbonyl (C=O) groups excluding carboxylic acids is 5. The zero-order chi connectivity index (χ0) is 31.5. The van der Waals surface area contributed by atoms with Crippen LogP contribution in [-0.4, -0.2) is 52.9 Å². The summed E-state index contributed by atoms with van der Waals surface area (Å²) in [6.07, 6.45) is -4.48. The molecule has 0 bridgehead atoms. The second-order valence-electron chi connectivity index (χ2n) is 9.06. The van der Waals surface area contributed by atoms with E-state index in [1.807, 2.05) is 5.43 Å². The molecule has 0 aliphatic rings. The molecular weight excluding hydrogens is 570 g/mol. The zero-order valence-electron chi connectivity index (χ0n) is 22.8. The van der Waals surface area contributed by atoms with Gasteiger partial charge in [-0.2, -0.15) is 0 Å². The summed E-state index contributed by atoms with van der Waals surface area (Å²) in [4.78, 5) is 75.7. The highest BCUT2D eigenvalue weighted by atomic mass is 16.6. The monoisotopic (exact) mass is 595 g/mol. The molecule has 4 aromatic carbocycles. The SMILES string of the molecule is O=C(NNC(=O)[C@@H](OC(=O)c1ccccc1)[C@@H](OC(=O)c1ccccc1)C(=O)O)c1ccc(NC(=O)c2ccccc2)cc1. The number of benzene rings is 4. The van der Waals surface area contributed by atoms with Crippen molar-refractivity contribution in [1.29, 1.82) is 0 Å². The Kier molecular flexibility index (Phi) is 10.1. The number of ether oxygens (including phenoxy) is 2. The Bertz CT molecular complexity index is 1650. The predicted molar refractivity (Wildman–Crippen MR) is 155 cm³/mol. The van der Waals surface area contributed by atoms with E-state index >= 15 is 0 Å². The number of carbonyl (C=O) groups is 6. The van der Waals surface area contributed by atoms with Crippen molar-refractivity contribution >= 4 is 41.3 Å². The lowest BCUT2D eigenvalue weighted by Gasteiger charge is -2.23. The number of hydrogen-bond acceptors (Lipinski definition) is 8. The number of carboxylic acids is 1. The van der Waals surface area contributed by atoms with Gasteiger partial charge in [0.15, 0.2) is 0 Å². The Hall–Kier alpha value is -6.30. The van der Waals surface area contributed by atoms with Gasteiger partial charge < -0.3 is 19.9 Å². The second-order valence-corrected chi connectivity index (χ2v) is 9.06. The van der Waals surface area contributed by atoms with Gasteiger partial charge in [-0.25, -0.2) is 14.4 Å². The van der Waals surface area contributed by atoms with Gasteiger partial charge in [-0.1, -0.05) is 54.6 Å². The number of hydrazine groups is 1. The van der Waals surface area contributed by atoms with E-state index in [9.17, 15) is 33.9 Å². The quantitative estimate of drug-likeness (QED) is 0.158. The molecule has 0 unspecified atom stereocenters. The fourth-order valence-electron chi connectivity index (χ4n) is 3.77. The van der Waals surface area contributed by atoms with Crippen LogP contribution in [0, 0.1) is 0 Å². The number of nitrogens with one attached hydrogen (secondary N) is 3. The first-order valence-electron chi connectivity index (χ1n) is 13.0. The summed E-state index contributed by atoms with van der Waals surface area (Å²) in [7, 11) is 0. The Balaban J connectivity index is 1.46. The van der Waals surface area contributed by atoms with E-state index in [-0.39, 0.29) is 22.6 Å². The first-order valence-corrected chi connectivity index (χ1v) is 13.0. The summed E-state index contributed by atoms with van der Waals surface area (Å²) in [6.45, 7) is 0. The molecule has 222 valence electrons. The fourth-order valence-corrected chi connectivity index (χ4v) is 3.77. The molecule has 3 amide bonds. The van der Waals surface area contributed by atoms with E-state index in [2.05, 4.69) is 10.7 Å². The number of amides is 3. The molecular formula is C32H25N3O9. The molecule has 2 atom stereocenters. The van der Waals surface area contributed by atoms with Gasteiger partial charge in [0.1, 0.15) is 0 Å². The molecule has 4 N–H and O–H groups in total. The number of anilines is 1. The van der Waals surface area contributed by atoms with Crippen LogP contribution in [0.15, 0.2) is 115 Å². The molecule has 0 fully saturated rings. The van der Waals surface area contributed by atoms with Crippen molar-refractivity contribution in [2.45, 2.75) is 12.2 Å². The molecule has 0 heterocycles. The van der Waals surface area contributed by atoms with Gasteiger partial charge in [-0.05, 0) is 60.7 Å². The van der Waals surface area contributed by atoms with Crippen LogP contribution in [0.3, 0.4) is 0 Å². The van der Waals surface area contributed by atoms with Gasteiger partial charge in [0.25, 0.3) is 17.7 Å². The maximum absolute atomic E-state index is 13.1. The summed E-state index contributed by atoms with van der Waals surface area (Å²) in [5, 5.41) is 12.5. The normalized spacial score (nSPS) is 11.6. The molecule has 12 nitrogen and oxygen atoms in total. The summed E-state index contributed by atoms with van der Waals surface area (Å²) in [5.74, 6) is -6.41. The van der Waals surface area contributed by atoms with E-state index < -0.39 is 41.9 Å². The molecule has 0 saturated carbocycles. The van der Waals surface area contributed by atoms with Crippen LogP contribution in [0.1, 0.15) is 41.4 Å². The molecule has 0 radical (unpaired) electrons. The lowest BCUT2D eigenvalue weighted by molar-refractivity contribution is -0.159. The minimum Gasteiger partial charge on any atom is -0.478 e. The standard InChI is InChI=1S/C32H25N3O9/c36-27(20-10-4-1-5-11-20)33-24-18-16-21(17-19-24)28(37)34-35-29(38)25(43-31(41)22-12-6-2-7-13-22)26(30(39)40)44-32(42)23-14-8-3-9-15-23/h1-19,25-26H,(H,33,36)(H,34,37)(H,35,38)(H,39,40)/t25-,26+/m0/s1. The third kappa shape index (κ3) is 8.13. The van der Waals surface area contributed by atoms with Gasteiger partial charge in [0.05, 0.1) is 11.1 Å². The van der Waals surface area contributed by atoms with Gasteiger partial charge in [-0.15, -0.1) is 0 Å². The van der Waals surface area contributed by atoms with Crippen molar-refractivity contribution in [2.24, 2.45) is 0 Å². The van der Waals surface area contributed by atoms with E-state index in [0.29, 0.717) is 11.3 Å². The number of hydrogen-bond donors (Lipinski definition) is 4. The average Bonchev–Trinajstić information content (AvgIpc) is 3.06. The summed E-state index contributed by atoms with van der Waals surface area (Å²) < 4.78 is 10.2. The van der Waals surface area contributed by atoms with Crippen molar-refractivity contribution < 1.29 is 43.3 Å². The maximum Gasteiger partial charge on any atom is 0.349 e. The molecule has 0 aliphatic heterocycles. The summed E-state index contributed by atoms with van der Waals surface area (Å²) >= 11 is 0. The Morgan fingerprint density at radius 3 is 1.41 bits per heavy atom. The molecule has 0 aromatic heterocycles. The second kappa shape index (κ2) is 14.5. The predicted octanol–water partition coefficient (Wildman–Crippen LogP) is 3.24. The van der Waals surface area contributed by atoms with Gasteiger partial charge in [0, 0.05) is 16.8 Å². The Labute approximate surface area is 250 Å². The lowest BCUT2D eigenvalue weighted by atomic mass is 10.1. The van der Waals surface area contributed by atoms with Crippen molar-refractivity contribution in [3.05, 3.63) is 138 Å². The molecule has 4 aromatic rings. The number of rotatable bonds is 10. The van der Waals surface area contributed by atoms with E-state index in [0.717, 1.165) is 0 Å². The van der Waals surface area contributed by atoms with Crippen LogP contribution >= 0.6 is 0 Å². The molecule has 0 aliphatic carbocycles. The number of esters is 2. The Morgan fingerprint density at radius 1 is 0.500 bits per heavy atom. The molecule has 4 rings (SSSR count). The zero-order valence-corrected chi connectivity index (χ0v) is 22.8. The van der Waals surface area contributed by atoms with Gasteiger partial charge >= 0.3 is 17.9 Å². The number of carboxylic acid groups (broad SMARTS) is 1. The summed E-state index contributed by atoms with van der Waals surface area (Å²) in [5.41, 5.74) is 5.00. The van der Waals surface area contributed by atoms with E-state index in [4.69, 9.17) is 9.47 Å².